The van der Waals surface area contributed by atoms with Gasteiger partial charge in [-0.25, -0.2) is 0 Å². The van der Waals surface area contributed by atoms with Crippen molar-refractivity contribution in [3.05, 3.63) is 0 Å². The molecule has 1 saturated heterocycles. The Bertz CT molecular complexity index is 211. The molecule has 3 heteroatoms. The third-order valence-electron chi connectivity index (χ3n) is 4.26. The van der Waals surface area contributed by atoms with Crippen molar-refractivity contribution in [1.29, 1.82) is 0 Å². The maximum Gasteiger partial charge on any atom is 0.0278 e. The Morgan fingerprint density at radius 1 is 1.25 bits per heavy atom. The Balaban J connectivity index is 2.53. The van der Waals surface area contributed by atoms with Crippen LogP contribution in [0.1, 0.15) is 33.6 Å². The van der Waals surface area contributed by atoms with Crippen LogP contribution in [0.25, 0.3) is 0 Å². The molecule has 0 aliphatic carbocycles. The van der Waals surface area contributed by atoms with Crippen LogP contribution < -0.4 is 5.73 Å². The van der Waals surface area contributed by atoms with Crippen molar-refractivity contribution in [1.82, 2.24) is 9.80 Å². The van der Waals surface area contributed by atoms with E-state index in [2.05, 4.69) is 44.7 Å². The lowest BCUT2D eigenvalue weighted by atomic mass is 9.94. The molecular weight excluding hydrogens is 198 g/mol. The molecule has 0 bridgehead atoms. The molecule has 1 rings (SSSR count). The van der Waals surface area contributed by atoms with Gasteiger partial charge in [0, 0.05) is 31.2 Å². The molecule has 0 aromatic carbocycles. The van der Waals surface area contributed by atoms with Gasteiger partial charge in [-0.1, -0.05) is 20.8 Å². The second kappa shape index (κ2) is 5.48. The molecule has 2 atom stereocenters. The molecule has 3 nitrogen and oxygen atoms in total. The summed E-state index contributed by atoms with van der Waals surface area (Å²) in [4.78, 5) is 4.89. The van der Waals surface area contributed by atoms with Crippen molar-refractivity contribution in [2.75, 3.05) is 33.7 Å². The molecule has 0 aromatic rings. The number of likely N-dealkylation sites (tertiary alicyclic amines) is 1. The average Bonchev–Trinajstić information content (AvgIpc) is 2.59. The highest BCUT2D eigenvalue weighted by Gasteiger charge is 2.34. The fourth-order valence-electron chi connectivity index (χ4n) is 2.77. The topological polar surface area (TPSA) is 32.5 Å². The molecule has 0 radical (unpaired) electrons. The number of hydrogen-bond acceptors (Lipinski definition) is 3. The minimum atomic E-state index is 0.0148. The van der Waals surface area contributed by atoms with Gasteiger partial charge in [-0.05, 0) is 32.9 Å². The Hall–Kier alpha value is -0.120. The summed E-state index contributed by atoms with van der Waals surface area (Å²) < 4.78 is 0. The third kappa shape index (κ3) is 3.19. The number of hydrogen-bond donors (Lipinski definition) is 1. The first-order chi connectivity index (χ1) is 7.41. The highest BCUT2D eigenvalue weighted by Crippen LogP contribution is 2.23. The second-order valence-electron chi connectivity index (χ2n) is 5.77. The molecule has 0 saturated carbocycles. The van der Waals surface area contributed by atoms with Gasteiger partial charge in [-0.15, -0.1) is 0 Å². The Kier molecular flexibility index (Phi) is 4.77. The lowest BCUT2D eigenvalue weighted by molar-refractivity contribution is 0.214. The summed E-state index contributed by atoms with van der Waals surface area (Å²) in [5.41, 5.74) is 6.40. The maximum atomic E-state index is 6.39. The monoisotopic (exact) mass is 227 g/mol. The first kappa shape index (κ1) is 13.9. The number of rotatable bonds is 5. The van der Waals surface area contributed by atoms with Gasteiger partial charge in [0.05, 0.1) is 0 Å². The molecule has 0 amide bonds. The summed E-state index contributed by atoms with van der Waals surface area (Å²) in [6, 6.07) is 0.693. The van der Waals surface area contributed by atoms with E-state index in [9.17, 15) is 0 Å². The maximum absolute atomic E-state index is 6.39. The van der Waals surface area contributed by atoms with Crippen LogP contribution in [-0.4, -0.2) is 55.1 Å². The van der Waals surface area contributed by atoms with E-state index in [4.69, 9.17) is 5.73 Å². The van der Waals surface area contributed by atoms with Gasteiger partial charge in [0.2, 0.25) is 0 Å². The van der Waals surface area contributed by atoms with Crippen molar-refractivity contribution in [3.8, 4) is 0 Å². The summed E-state index contributed by atoms with van der Waals surface area (Å²) in [5.74, 6) is 0.757. The second-order valence-corrected chi connectivity index (χ2v) is 5.77. The van der Waals surface area contributed by atoms with Crippen LogP contribution in [0.2, 0.25) is 0 Å². The van der Waals surface area contributed by atoms with Gasteiger partial charge in [0.15, 0.2) is 0 Å². The van der Waals surface area contributed by atoms with Gasteiger partial charge >= 0.3 is 0 Å². The first-order valence-corrected chi connectivity index (χ1v) is 6.59. The van der Waals surface area contributed by atoms with E-state index in [0.29, 0.717) is 6.04 Å². The van der Waals surface area contributed by atoms with Crippen molar-refractivity contribution in [3.63, 3.8) is 0 Å². The van der Waals surface area contributed by atoms with Crippen LogP contribution in [0.15, 0.2) is 0 Å². The standard InChI is InChI=1S/C13H29N3/c1-6-13(14,7-2)10-16-8-11(3)12(9-16)15(4)5/h11-12H,6-10,14H2,1-5H3. The largest absolute Gasteiger partial charge is 0.324 e. The van der Waals surface area contributed by atoms with Gasteiger partial charge in [0.25, 0.3) is 0 Å². The lowest BCUT2D eigenvalue weighted by Gasteiger charge is -2.32. The minimum absolute atomic E-state index is 0.0148. The van der Waals surface area contributed by atoms with Crippen molar-refractivity contribution in [2.45, 2.75) is 45.2 Å². The van der Waals surface area contributed by atoms with E-state index in [-0.39, 0.29) is 5.54 Å². The van der Waals surface area contributed by atoms with E-state index in [0.717, 1.165) is 25.3 Å². The molecule has 2 unspecified atom stereocenters. The predicted molar refractivity (Wildman–Crippen MR) is 70.6 cm³/mol. The summed E-state index contributed by atoms with van der Waals surface area (Å²) in [6.07, 6.45) is 2.14. The predicted octanol–water partition coefficient (Wildman–Crippen LogP) is 1.39. The van der Waals surface area contributed by atoms with Crippen molar-refractivity contribution >= 4 is 0 Å². The molecule has 1 fully saturated rings. The molecule has 1 aliphatic rings. The summed E-state index contributed by atoms with van der Waals surface area (Å²) >= 11 is 0. The number of likely N-dealkylation sites (N-methyl/N-ethyl adjacent to an activating group) is 1. The molecule has 96 valence electrons. The van der Waals surface area contributed by atoms with E-state index in [1.807, 2.05) is 0 Å². The van der Waals surface area contributed by atoms with E-state index in [1.165, 1.54) is 13.1 Å². The van der Waals surface area contributed by atoms with Crippen LogP contribution in [0, 0.1) is 5.92 Å². The number of nitrogens with two attached hydrogens (primary N) is 1. The molecule has 0 aromatic heterocycles. The molecular formula is C13H29N3. The van der Waals surface area contributed by atoms with Gasteiger partial charge in [0.1, 0.15) is 0 Å². The zero-order valence-corrected chi connectivity index (χ0v) is 11.7. The Morgan fingerprint density at radius 3 is 2.19 bits per heavy atom. The van der Waals surface area contributed by atoms with Crippen LogP contribution in [0.3, 0.4) is 0 Å². The fraction of sp³-hybridized carbons (Fsp3) is 1.00. The lowest BCUT2D eigenvalue weighted by Crippen LogP contribution is -2.49. The van der Waals surface area contributed by atoms with Crippen molar-refractivity contribution in [2.24, 2.45) is 11.7 Å². The SMILES string of the molecule is CCC(N)(CC)CN1CC(C)C(N(C)C)C1. The molecule has 16 heavy (non-hydrogen) atoms. The smallest absolute Gasteiger partial charge is 0.0278 e. The Labute approximate surface area is 101 Å². The van der Waals surface area contributed by atoms with Crippen LogP contribution in [0.5, 0.6) is 0 Å². The Morgan fingerprint density at radius 2 is 1.81 bits per heavy atom. The average molecular weight is 227 g/mol. The molecule has 1 aliphatic heterocycles. The van der Waals surface area contributed by atoms with Gasteiger partial charge < -0.3 is 10.6 Å². The highest BCUT2D eigenvalue weighted by molar-refractivity contribution is 4.92. The first-order valence-electron chi connectivity index (χ1n) is 6.59. The third-order valence-corrected chi connectivity index (χ3v) is 4.26. The summed E-state index contributed by atoms with van der Waals surface area (Å²) in [5, 5.41) is 0. The van der Waals surface area contributed by atoms with Crippen LogP contribution >= 0.6 is 0 Å². The summed E-state index contributed by atoms with van der Waals surface area (Å²) in [6.45, 7) is 10.2. The van der Waals surface area contributed by atoms with Gasteiger partial charge in [-0.3, -0.25) is 4.90 Å². The molecule has 2 N–H and O–H groups in total. The van der Waals surface area contributed by atoms with E-state index in [1.54, 1.807) is 0 Å². The normalized spacial score (nSPS) is 27.9. The number of nitrogens with zero attached hydrogens (tertiary/aromatic N) is 2. The van der Waals surface area contributed by atoms with Crippen LogP contribution in [0.4, 0.5) is 0 Å². The van der Waals surface area contributed by atoms with E-state index >= 15 is 0 Å². The highest BCUT2D eigenvalue weighted by atomic mass is 15.2. The van der Waals surface area contributed by atoms with E-state index < -0.39 is 0 Å². The molecule has 1 heterocycles. The minimum Gasteiger partial charge on any atom is -0.324 e. The quantitative estimate of drug-likeness (QED) is 0.770. The fourth-order valence-corrected chi connectivity index (χ4v) is 2.77. The summed E-state index contributed by atoms with van der Waals surface area (Å²) in [7, 11) is 4.36. The van der Waals surface area contributed by atoms with Crippen LogP contribution in [-0.2, 0) is 0 Å². The van der Waals surface area contributed by atoms with Gasteiger partial charge in [-0.2, -0.15) is 0 Å². The zero-order chi connectivity index (χ0) is 12.3. The molecule has 0 spiro atoms. The zero-order valence-electron chi connectivity index (χ0n) is 11.7. The van der Waals surface area contributed by atoms with Crippen molar-refractivity contribution < 1.29 is 0 Å².